The highest BCUT2D eigenvalue weighted by atomic mass is 19.4. The van der Waals surface area contributed by atoms with Crippen LogP contribution in [0.3, 0.4) is 0 Å². The summed E-state index contributed by atoms with van der Waals surface area (Å²) in [7, 11) is 1.12. The molecule has 58 heavy (non-hydrogen) atoms. The molecule has 0 spiro atoms. The van der Waals surface area contributed by atoms with E-state index in [2.05, 4.69) is 25.7 Å². The van der Waals surface area contributed by atoms with Crippen molar-refractivity contribution in [3.05, 3.63) is 88.6 Å². The van der Waals surface area contributed by atoms with Crippen molar-refractivity contribution in [2.75, 3.05) is 12.4 Å². The Kier molecular flexibility index (Phi) is 11.7. The number of hydrogen-bond donors (Lipinski definition) is 3. The van der Waals surface area contributed by atoms with Crippen LogP contribution in [0.15, 0.2) is 60.3 Å². The molecule has 0 aliphatic heterocycles. The van der Waals surface area contributed by atoms with Crippen LogP contribution in [0.2, 0.25) is 0 Å². The molecule has 0 saturated heterocycles. The number of benzene rings is 2. The first-order chi connectivity index (χ1) is 27.1. The zero-order valence-corrected chi connectivity index (χ0v) is 30.0. The van der Waals surface area contributed by atoms with Gasteiger partial charge in [0.05, 0.1) is 18.6 Å². The summed E-state index contributed by atoms with van der Waals surface area (Å²) in [6, 6.07) is 3.49. The van der Waals surface area contributed by atoms with Gasteiger partial charge in [0.1, 0.15) is 17.2 Å². The first kappa shape index (κ1) is 42.2. The number of anilines is 1. The second-order valence-corrected chi connectivity index (χ2v) is 14.1. The summed E-state index contributed by atoms with van der Waals surface area (Å²) < 4.78 is 161. The lowest BCUT2D eigenvalue weighted by Crippen LogP contribution is -2.48. The second-order valence-electron chi connectivity index (χ2n) is 14.1. The Balaban J connectivity index is 1.31. The number of methoxy groups -OCH3 is 1. The van der Waals surface area contributed by atoms with Gasteiger partial charge < -0.3 is 25.4 Å². The van der Waals surface area contributed by atoms with E-state index in [0.717, 1.165) is 37.6 Å². The van der Waals surface area contributed by atoms with E-state index in [-0.39, 0.29) is 23.9 Å². The van der Waals surface area contributed by atoms with Crippen molar-refractivity contribution in [2.24, 2.45) is 17.8 Å². The lowest BCUT2D eigenvalue weighted by molar-refractivity contribution is -0.206. The molecule has 2 aromatic carbocycles. The summed E-state index contributed by atoms with van der Waals surface area (Å²) in [5, 5.41) is 7.23. The number of alkyl halides is 9. The predicted molar refractivity (Wildman–Crippen MR) is 182 cm³/mol. The molecule has 3 saturated carbocycles. The molecule has 3 aliphatic rings. The number of fused-ring (bicyclic) bond motifs is 2. The molecule has 9 nitrogen and oxygen atoms in total. The molecule has 5 atom stereocenters. The minimum absolute atomic E-state index is 0.236. The van der Waals surface area contributed by atoms with Crippen molar-refractivity contribution >= 4 is 23.6 Å². The van der Waals surface area contributed by atoms with Gasteiger partial charge in [0.2, 0.25) is 17.9 Å². The van der Waals surface area contributed by atoms with Crippen LogP contribution >= 0.6 is 0 Å². The minimum Gasteiger partial charge on any atom is -0.480 e. The minimum atomic E-state index is -5.12. The summed E-state index contributed by atoms with van der Waals surface area (Å²) in [5.74, 6) is -7.70. The third kappa shape index (κ3) is 9.47. The van der Waals surface area contributed by atoms with Gasteiger partial charge in [-0.15, -0.1) is 0 Å². The summed E-state index contributed by atoms with van der Waals surface area (Å²) >= 11 is 0. The quantitative estimate of drug-likeness (QED) is 0.131. The van der Waals surface area contributed by atoms with Gasteiger partial charge in [-0.3, -0.25) is 9.59 Å². The zero-order chi connectivity index (χ0) is 42.3. The van der Waals surface area contributed by atoms with Crippen LogP contribution in [-0.4, -0.2) is 54.4 Å². The smallest absolute Gasteiger partial charge is 0.429 e. The standard InChI is InChI=1S/C38H33F11N4O5/c1-57-34-25(14-18(16-50-34)24-13-17(4-10-27(24)39)31(38(47,48)49)58-35(56)52-19-5-6-19)32(54)53-30-23-9-8-22(21(23)3-2-12-36(41,42)43)29(30)33(55)51-20-7-11-28(40)26(15-20)37(44,45)46/h3-4,7,10-11,13-16,19,22-23,29-31H,2,5-6,8-9,12H2,1H3,(H,51,55)(H,52,56)(H,53,54)/b21-3-/t22-,23+,29-,30+,31-/m0/s1. The van der Waals surface area contributed by atoms with E-state index < -0.39 is 119 Å². The maximum absolute atomic E-state index is 15.3. The van der Waals surface area contributed by atoms with Crippen LogP contribution in [0.1, 0.15) is 66.1 Å². The number of carbonyl (C=O) groups is 3. The van der Waals surface area contributed by atoms with Gasteiger partial charge >= 0.3 is 24.6 Å². The third-order valence-electron chi connectivity index (χ3n) is 10.2. The van der Waals surface area contributed by atoms with E-state index in [1.165, 1.54) is 6.08 Å². The zero-order valence-electron chi connectivity index (χ0n) is 30.0. The average molecular weight is 835 g/mol. The number of amides is 3. The van der Waals surface area contributed by atoms with Crippen molar-refractivity contribution in [1.82, 2.24) is 15.6 Å². The topological polar surface area (TPSA) is 119 Å². The van der Waals surface area contributed by atoms with E-state index in [9.17, 15) is 58.3 Å². The molecule has 1 aromatic heterocycles. The van der Waals surface area contributed by atoms with Gasteiger partial charge in [-0.05, 0) is 74.4 Å². The van der Waals surface area contributed by atoms with Crippen LogP contribution < -0.4 is 20.7 Å². The molecule has 0 unspecified atom stereocenters. The molecule has 3 aliphatic carbocycles. The summed E-state index contributed by atoms with van der Waals surface area (Å²) in [4.78, 5) is 44.0. The number of allylic oxidation sites excluding steroid dienone is 1. The molecule has 3 aromatic rings. The number of alkyl carbamates (subject to hydrolysis) is 1. The third-order valence-corrected chi connectivity index (χ3v) is 10.2. The fraction of sp³-hybridized carbons (Fsp3) is 0.421. The summed E-state index contributed by atoms with van der Waals surface area (Å²) in [6.45, 7) is 0. The molecular formula is C38H33F11N4O5. The molecular weight excluding hydrogens is 801 g/mol. The lowest BCUT2D eigenvalue weighted by atomic mass is 9.83. The number of ether oxygens (including phenoxy) is 2. The molecule has 3 N–H and O–H groups in total. The Hall–Kier alpha value is -5.43. The van der Waals surface area contributed by atoms with Crippen molar-refractivity contribution in [3.8, 4) is 17.0 Å². The number of halogens is 11. The molecule has 1 heterocycles. The normalized spacial score (nSPS) is 21.8. The second kappa shape index (κ2) is 16.1. The van der Waals surface area contributed by atoms with Gasteiger partial charge in [-0.1, -0.05) is 17.7 Å². The number of aromatic nitrogens is 1. The fourth-order valence-corrected chi connectivity index (χ4v) is 7.47. The predicted octanol–water partition coefficient (Wildman–Crippen LogP) is 9.21. The molecule has 312 valence electrons. The van der Waals surface area contributed by atoms with Crippen molar-refractivity contribution < 1.29 is 72.2 Å². The first-order valence-electron chi connectivity index (χ1n) is 17.8. The van der Waals surface area contributed by atoms with Crippen LogP contribution in [-0.2, 0) is 15.7 Å². The van der Waals surface area contributed by atoms with E-state index in [1.54, 1.807) is 0 Å². The van der Waals surface area contributed by atoms with Gasteiger partial charge in [0.25, 0.3) is 5.91 Å². The molecule has 20 heteroatoms. The molecule has 2 bridgehead atoms. The van der Waals surface area contributed by atoms with Crippen LogP contribution in [0.25, 0.3) is 11.1 Å². The summed E-state index contributed by atoms with van der Waals surface area (Å²) in [5.41, 5.74) is -3.51. The van der Waals surface area contributed by atoms with E-state index in [4.69, 9.17) is 4.74 Å². The number of carbonyl (C=O) groups excluding carboxylic acids is 3. The van der Waals surface area contributed by atoms with Crippen molar-refractivity contribution in [2.45, 2.75) is 75.2 Å². The monoisotopic (exact) mass is 834 g/mol. The first-order valence-corrected chi connectivity index (χ1v) is 17.8. The average Bonchev–Trinajstić information content (AvgIpc) is 3.80. The highest BCUT2D eigenvalue weighted by molar-refractivity contribution is 5.99. The van der Waals surface area contributed by atoms with Crippen molar-refractivity contribution in [3.63, 3.8) is 0 Å². The lowest BCUT2D eigenvalue weighted by Gasteiger charge is -2.30. The van der Waals surface area contributed by atoms with Crippen LogP contribution in [0, 0.1) is 29.4 Å². The highest BCUT2D eigenvalue weighted by Crippen LogP contribution is 2.53. The van der Waals surface area contributed by atoms with Crippen LogP contribution in [0.4, 0.5) is 58.8 Å². The largest absolute Gasteiger partial charge is 0.480 e. The Labute approximate surface area is 322 Å². The summed E-state index contributed by atoms with van der Waals surface area (Å²) in [6.07, 6.45) is -16.6. The number of rotatable bonds is 11. The number of nitrogens with zero attached hydrogens (tertiary/aromatic N) is 1. The molecule has 0 radical (unpaired) electrons. The van der Waals surface area contributed by atoms with Gasteiger partial charge in [0.15, 0.2) is 0 Å². The van der Waals surface area contributed by atoms with Crippen molar-refractivity contribution in [1.29, 1.82) is 0 Å². The number of hydrogen-bond acceptors (Lipinski definition) is 6. The maximum Gasteiger partial charge on any atom is 0.429 e. The fourth-order valence-electron chi connectivity index (χ4n) is 7.47. The van der Waals surface area contributed by atoms with Gasteiger partial charge in [-0.2, -0.15) is 39.5 Å². The van der Waals surface area contributed by atoms with E-state index >= 15 is 4.39 Å². The maximum atomic E-state index is 15.3. The molecule has 6 rings (SSSR count). The highest BCUT2D eigenvalue weighted by Gasteiger charge is 2.55. The SMILES string of the molecule is COc1ncc(-c2cc([C@H](OC(=O)NC3CC3)C(F)(F)F)ccc2F)cc1C(=O)N[C@H]1[C@@H](C(=O)Nc2ccc(F)c(C(F)(F)F)c2)[C@H]2CC[C@@H]1/C2=C\CCC(F)(F)F. The Morgan fingerprint density at radius 2 is 1.57 bits per heavy atom. The van der Waals surface area contributed by atoms with Gasteiger partial charge in [0, 0.05) is 53.0 Å². The van der Waals surface area contributed by atoms with Crippen LogP contribution in [0.5, 0.6) is 5.88 Å². The van der Waals surface area contributed by atoms with E-state index in [0.29, 0.717) is 43.0 Å². The Morgan fingerprint density at radius 1 is 0.879 bits per heavy atom. The van der Waals surface area contributed by atoms with E-state index in [1.807, 2.05) is 0 Å². The molecule has 3 amide bonds. The number of nitrogens with one attached hydrogen (secondary N) is 3. The number of pyridine rings is 1. The Morgan fingerprint density at radius 3 is 2.21 bits per heavy atom. The Bertz CT molecular complexity index is 2100. The van der Waals surface area contributed by atoms with Gasteiger partial charge in [-0.25, -0.2) is 18.6 Å². The molecule has 3 fully saturated rings.